The Morgan fingerprint density at radius 1 is 1.05 bits per heavy atom. The highest BCUT2D eigenvalue weighted by atomic mass is 16.5. The monoisotopic (exact) mass is 300 g/mol. The van der Waals surface area contributed by atoms with Gasteiger partial charge in [0.05, 0.1) is 18.2 Å². The Labute approximate surface area is 128 Å². The summed E-state index contributed by atoms with van der Waals surface area (Å²) in [5.74, 6) is -1.18. The number of carbonyl (C=O) groups excluding carboxylic acids is 1. The van der Waals surface area contributed by atoms with Crippen LogP contribution in [-0.2, 0) is 4.74 Å². The van der Waals surface area contributed by atoms with Crippen molar-refractivity contribution in [3.8, 4) is 5.75 Å². The highest BCUT2D eigenvalue weighted by Crippen LogP contribution is 2.23. The van der Waals surface area contributed by atoms with Crippen LogP contribution < -0.4 is 4.74 Å². The van der Waals surface area contributed by atoms with Gasteiger partial charge in [0, 0.05) is 0 Å². The summed E-state index contributed by atoms with van der Waals surface area (Å²) in [7, 11) is 1.55. The molecule has 114 valence electrons. The summed E-state index contributed by atoms with van der Waals surface area (Å²) in [4.78, 5) is 23.3. The molecule has 0 heterocycles. The molecule has 0 radical (unpaired) electrons. The van der Waals surface area contributed by atoms with Gasteiger partial charge in [0.25, 0.3) is 0 Å². The van der Waals surface area contributed by atoms with Gasteiger partial charge < -0.3 is 14.6 Å². The Morgan fingerprint density at radius 2 is 1.73 bits per heavy atom. The molecule has 1 N–H and O–H groups in total. The molecule has 0 amide bonds. The van der Waals surface area contributed by atoms with Gasteiger partial charge in [-0.05, 0) is 36.8 Å². The molecular formula is C17H16O5. The maximum Gasteiger partial charge on any atom is 0.339 e. The van der Waals surface area contributed by atoms with Crippen molar-refractivity contribution in [3.05, 3.63) is 65.2 Å². The van der Waals surface area contributed by atoms with Crippen LogP contribution in [0.4, 0.5) is 0 Å². The Balaban J connectivity index is 2.19. The number of carbonyl (C=O) groups is 2. The minimum absolute atomic E-state index is 0.0322. The van der Waals surface area contributed by atoms with Gasteiger partial charge in [-0.3, -0.25) is 0 Å². The minimum Gasteiger partial charge on any atom is -0.497 e. The summed E-state index contributed by atoms with van der Waals surface area (Å²) >= 11 is 0. The van der Waals surface area contributed by atoms with E-state index in [1.807, 2.05) is 6.07 Å². The number of aromatic carboxylic acids is 1. The van der Waals surface area contributed by atoms with E-state index in [0.29, 0.717) is 5.75 Å². The quantitative estimate of drug-likeness (QED) is 0.858. The third-order valence-corrected chi connectivity index (χ3v) is 3.22. The van der Waals surface area contributed by atoms with Gasteiger partial charge in [0.15, 0.2) is 0 Å². The maximum atomic E-state index is 12.2. The van der Waals surface area contributed by atoms with Crippen molar-refractivity contribution in [1.82, 2.24) is 0 Å². The molecule has 5 nitrogen and oxygen atoms in total. The van der Waals surface area contributed by atoms with Gasteiger partial charge >= 0.3 is 11.9 Å². The molecule has 0 aliphatic rings. The number of benzene rings is 2. The molecule has 0 spiro atoms. The van der Waals surface area contributed by atoms with Crippen LogP contribution in [0.15, 0.2) is 48.5 Å². The summed E-state index contributed by atoms with van der Waals surface area (Å²) in [6, 6.07) is 13.1. The highest BCUT2D eigenvalue weighted by molar-refractivity contribution is 6.02. The lowest BCUT2D eigenvalue weighted by Crippen LogP contribution is -2.13. The van der Waals surface area contributed by atoms with E-state index >= 15 is 0 Å². The second kappa shape index (κ2) is 6.76. The largest absolute Gasteiger partial charge is 0.497 e. The van der Waals surface area contributed by atoms with E-state index in [2.05, 4.69) is 0 Å². The summed E-state index contributed by atoms with van der Waals surface area (Å²) in [6.07, 6.45) is -0.524. The molecule has 2 aromatic rings. The zero-order chi connectivity index (χ0) is 16.1. The molecule has 2 rings (SSSR count). The standard InChI is InChI=1S/C17H16O5/c1-11(12-6-5-7-13(10-12)21-2)22-17(20)15-9-4-3-8-14(15)16(18)19/h3-11H,1-2H3,(H,18,19). The van der Waals surface area contributed by atoms with Crippen LogP contribution in [0.1, 0.15) is 39.3 Å². The second-order valence-corrected chi connectivity index (χ2v) is 4.67. The van der Waals surface area contributed by atoms with Crippen LogP contribution in [0.25, 0.3) is 0 Å². The van der Waals surface area contributed by atoms with Crippen molar-refractivity contribution in [2.45, 2.75) is 13.0 Å². The average Bonchev–Trinajstić information content (AvgIpc) is 2.54. The maximum absolute atomic E-state index is 12.2. The second-order valence-electron chi connectivity index (χ2n) is 4.67. The number of carboxylic acid groups (broad SMARTS) is 1. The zero-order valence-corrected chi connectivity index (χ0v) is 12.3. The molecule has 0 aromatic heterocycles. The summed E-state index contributed by atoms with van der Waals surface area (Å²) in [5.41, 5.74) is 0.718. The molecule has 0 fully saturated rings. The van der Waals surface area contributed by atoms with Crippen LogP contribution in [0.3, 0.4) is 0 Å². The van der Waals surface area contributed by atoms with E-state index in [9.17, 15) is 9.59 Å². The Hall–Kier alpha value is -2.82. The number of rotatable bonds is 5. The number of esters is 1. The lowest BCUT2D eigenvalue weighted by atomic mass is 10.1. The molecule has 22 heavy (non-hydrogen) atoms. The van der Waals surface area contributed by atoms with Crippen LogP contribution in [0.5, 0.6) is 5.75 Å². The molecule has 2 aromatic carbocycles. The van der Waals surface area contributed by atoms with Gasteiger partial charge in [-0.1, -0.05) is 24.3 Å². The molecule has 0 aliphatic heterocycles. The summed E-state index contributed by atoms with van der Waals surface area (Å²) in [6.45, 7) is 1.72. The minimum atomic E-state index is -1.17. The smallest absolute Gasteiger partial charge is 0.339 e. The summed E-state index contributed by atoms with van der Waals surface area (Å²) < 4.78 is 10.5. The predicted molar refractivity (Wildman–Crippen MR) is 80.2 cm³/mol. The van der Waals surface area contributed by atoms with Crippen LogP contribution in [0.2, 0.25) is 0 Å². The van der Waals surface area contributed by atoms with Gasteiger partial charge in [0.2, 0.25) is 0 Å². The first-order valence-electron chi connectivity index (χ1n) is 6.70. The van der Waals surface area contributed by atoms with E-state index in [0.717, 1.165) is 5.56 Å². The van der Waals surface area contributed by atoms with E-state index in [1.54, 1.807) is 44.4 Å². The van der Waals surface area contributed by atoms with Crippen LogP contribution >= 0.6 is 0 Å². The van der Waals surface area contributed by atoms with Crippen molar-refractivity contribution in [3.63, 3.8) is 0 Å². The molecule has 1 unspecified atom stereocenters. The molecule has 5 heteroatoms. The van der Waals surface area contributed by atoms with E-state index in [-0.39, 0.29) is 11.1 Å². The number of ether oxygens (including phenoxy) is 2. The molecular weight excluding hydrogens is 284 g/mol. The molecule has 1 atom stereocenters. The summed E-state index contributed by atoms with van der Waals surface area (Å²) in [5, 5.41) is 9.11. The van der Waals surface area contributed by atoms with Crippen molar-refractivity contribution >= 4 is 11.9 Å². The molecule has 0 aliphatic carbocycles. The molecule has 0 saturated carbocycles. The third kappa shape index (κ3) is 3.44. The third-order valence-electron chi connectivity index (χ3n) is 3.22. The lowest BCUT2D eigenvalue weighted by molar-refractivity contribution is 0.0331. The Bertz CT molecular complexity index is 693. The molecule has 0 bridgehead atoms. The van der Waals surface area contributed by atoms with Crippen molar-refractivity contribution in [2.24, 2.45) is 0 Å². The molecule has 0 saturated heterocycles. The van der Waals surface area contributed by atoms with Crippen molar-refractivity contribution in [2.75, 3.05) is 7.11 Å². The Kier molecular flexibility index (Phi) is 4.78. The highest BCUT2D eigenvalue weighted by Gasteiger charge is 2.19. The fourth-order valence-corrected chi connectivity index (χ4v) is 2.03. The first-order valence-corrected chi connectivity index (χ1v) is 6.70. The van der Waals surface area contributed by atoms with Gasteiger partial charge in [0.1, 0.15) is 11.9 Å². The normalized spacial score (nSPS) is 11.5. The van der Waals surface area contributed by atoms with Gasteiger partial charge in [-0.15, -0.1) is 0 Å². The fraction of sp³-hybridized carbons (Fsp3) is 0.176. The lowest BCUT2D eigenvalue weighted by Gasteiger charge is -2.15. The fourth-order valence-electron chi connectivity index (χ4n) is 2.03. The van der Waals surface area contributed by atoms with E-state index in [1.165, 1.54) is 12.1 Å². The van der Waals surface area contributed by atoms with E-state index < -0.39 is 18.0 Å². The van der Waals surface area contributed by atoms with Crippen molar-refractivity contribution < 1.29 is 24.2 Å². The van der Waals surface area contributed by atoms with Crippen molar-refractivity contribution in [1.29, 1.82) is 0 Å². The number of methoxy groups -OCH3 is 1. The number of hydrogen-bond donors (Lipinski definition) is 1. The van der Waals surface area contributed by atoms with Crippen LogP contribution in [-0.4, -0.2) is 24.2 Å². The topological polar surface area (TPSA) is 72.8 Å². The first kappa shape index (κ1) is 15.6. The first-order chi connectivity index (χ1) is 10.5. The zero-order valence-electron chi connectivity index (χ0n) is 12.3. The van der Waals surface area contributed by atoms with E-state index in [4.69, 9.17) is 14.6 Å². The van der Waals surface area contributed by atoms with Crippen LogP contribution in [0, 0.1) is 0 Å². The number of hydrogen-bond acceptors (Lipinski definition) is 4. The number of carboxylic acids is 1. The SMILES string of the molecule is COc1cccc(C(C)OC(=O)c2ccccc2C(=O)O)c1. The van der Waals surface area contributed by atoms with Gasteiger partial charge in [-0.2, -0.15) is 0 Å². The predicted octanol–water partition coefficient (Wildman–Crippen LogP) is 3.31. The Morgan fingerprint density at radius 3 is 2.36 bits per heavy atom. The van der Waals surface area contributed by atoms with Gasteiger partial charge in [-0.25, -0.2) is 9.59 Å². The average molecular weight is 300 g/mol.